The van der Waals surface area contributed by atoms with Crippen LogP contribution in [0.1, 0.15) is 102 Å². The second-order valence-corrected chi connectivity index (χ2v) is 17.9. The summed E-state index contributed by atoms with van der Waals surface area (Å²) in [7, 11) is 0. The maximum atomic E-state index is 13.8. The Morgan fingerprint density at radius 1 is 1.12 bits per heavy atom. The molecule has 2 heterocycles. The zero-order chi connectivity index (χ0) is 35.9. The van der Waals surface area contributed by atoms with Gasteiger partial charge in [0.25, 0.3) is 0 Å². The van der Waals surface area contributed by atoms with Crippen molar-refractivity contribution >= 4 is 12.1 Å². The van der Waals surface area contributed by atoms with Gasteiger partial charge in [-0.1, -0.05) is 67.5 Å². The number of rotatable bonds is 7. The van der Waals surface area contributed by atoms with Crippen LogP contribution in [0.15, 0.2) is 23.8 Å². The molecule has 3 N–H and O–H groups in total. The molecule has 3 aliphatic carbocycles. The summed E-state index contributed by atoms with van der Waals surface area (Å²) in [6.07, 6.45) is -1.22. The molecule has 10 nitrogen and oxygen atoms in total. The van der Waals surface area contributed by atoms with Gasteiger partial charge in [0.05, 0.1) is 36.6 Å². The molecule has 2 saturated carbocycles. The van der Waals surface area contributed by atoms with Crippen molar-refractivity contribution in [1.82, 2.24) is 5.32 Å². The molecule has 272 valence electrons. The number of ether oxygens (including phenoxy) is 5. The van der Waals surface area contributed by atoms with Crippen molar-refractivity contribution in [2.24, 2.45) is 39.9 Å². The van der Waals surface area contributed by atoms with Crippen LogP contribution in [0.4, 0.5) is 4.79 Å². The lowest BCUT2D eigenvalue weighted by Gasteiger charge is -2.72. The molecule has 0 spiro atoms. The summed E-state index contributed by atoms with van der Waals surface area (Å²) < 4.78 is 31.1. The number of nitrogens with one attached hydrogen (secondary N) is 1. The number of aliphatic hydroxyl groups excluding tert-OH is 1. The molecule has 13 atom stereocenters. The van der Waals surface area contributed by atoms with E-state index in [-0.39, 0.29) is 53.8 Å². The Morgan fingerprint density at radius 3 is 2.31 bits per heavy atom. The van der Waals surface area contributed by atoms with E-state index in [0.717, 1.165) is 17.6 Å². The number of hydrogen-bond acceptors (Lipinski definition) is 9. The number of amides is 1. The van der Waals surface area contributed by atoms with Gasteiger partial charge in [-0.15, -0.1) is 0 Å². The Morgan fingerprint density at radius 2 is 1.77 bits per heavy atom. The number of aliphatic hydroxyl groups is 2. The predicted octanol–water partition coefficient (Wildman–Crippen LogP) is 5.69. The molecule has 1 amide bonds. The number of carbonyl (C=O) groups excluding carboxylic acids is 2. The Labute approximate surface area is 287 Å². The van der Waals surface area contributed by atoms with Crippen LogP contribution in [0, 0.1) is 39.9 Å². The highest BCUT2D eigenvalue weighted by Crippen LogP contribution is 2.70. The third-order valence-electron chi connectivity index (χ3n) is 12.8. The molecule has 48 heavy (non-hydrogen) atoms. The molecule has 5 aliphatic rings. The summed E-state index contributed by atoms with van der Waals surface area (Å²) in [4.78, 5) is 26.5. The van der Waals surface area contributed by atoms with E-state index in [1.54, 1.807) is 26.8 Å². The minimum Gasteiger partial charge on any atom is -0.456 e. The van der Waals surface area contributed by atoms with Gasteiger partial charge in [-0.05, 0) is 63.5 Å². The number of fused-ring (bicyclic) bond motifs is 4. The van der Waals surface area contributed by atoms with E-state index in [0.29, 0.717) is 13.0 Å². The van der Waals surface area contributed by atoms with Crippen LogP contribution in [0.25, 0.3) is 0 Å². The molecule has 2 bridgehead atoms. The first kappa shape index (κ1) is 37.3. The maximum Gasteiger partial charge on any atom is 0.407 e. The monoisotopic (exact) mass is 675 g/mol. The Balaban J connectivity index is 1.54. The highest BCUT2D eigenvalue weighted by molar-refractivity contribution is 5.77. The summed E-state index contributed by atoms with van der Waals surface area (Å²) in [5.41, 5.74) is -1.56. The van der Waals surface area contributed by atoms with Crippen molar-refractivity contribution in [3.8, 4) is 0 Å². The lowest BCUT2D eigenvalue weighted by atomic mass is 9.39. The maximum absolute atomic E-state index is 13.8. The average Bonchev–Trinajstić information content (AvgIpc) is 2.95. The highest BCUT2D eigenvalue weighted by Gasteiger charge is 2.74. The second kappa shape index (κ2) is 12.4. The summed E-state index contributed by atoms with van der Waals surface area (Å²) in [5.74, 6) is -1.27. The minimum absolute atomic E-state index is 0.00633. The summed E-state index contributed by atoms with van der Waals surface area (Å²) in [5, 5.41) is 27.2. The van der Waals surface area contributed by atoms with Crippen LogP contribution in [0.3, 0.4) is 0 Å². The summed E-state index contributed by atoms with van der Waals surface area (Å²) in [6, 6.07) is -0.923. The van der Waals surface area contributed by atoms with Crippen molar-refractivity contribution in [3.05, 3.63) is 23.8 Å². The van der Waals surface area contributed by atoms with E-state index in [1.165, 1.54) is 0 Å². The average molecular weight is 676 g/mol. The lowest BCUT2D eigenvalue weighted by molar-refractivity contribution is -0.383. The van der Waals surface area contributed by atoms with Gasteiger partial charge in [0.15, 0.2) is 12.4 Å². The van der Waals surface area contributed by atoms with Crippen LogP contribution >= 0.6 is 0 Å². The van der Waals surface area contributed by atoms with Crippen molar-refractivity contribution in [1.29, 1.82) is 0 Å². The van der Waals surface area contributed by atoms with Gasteiger partial charge in [-0.3, -0.25) is 0 Å². The molecule has 4 fully saturated rings. The predicted molar refractivity (Wildman–Crippen MR) is 181 cm³/mol. The summed E-state index contributed by atoms with van der Waals surface area (Å²) in [6.45, 7) is 28.7. The van der Waals surface area contributed by atoms with E-state index < -0.39 is 58.6 Å². The first-order valence-electron chi connectivity index (χ1n) is 17.9. The molecule has 0 aromatic heterocycles. The molecular weight excluding hydrogens is 614 g/mol. The second-order valence-electron chi connectivity index (χ2n) is 17.9. The fourth-order valence-electron chi connectivity index (χ4n) is 10.8. The van der Waals surface area contributed by atoms with Crippen molar-refractivity contribution < 1.29 is 43.5 Å². The van der Waals surface area contributed by atoms with Crippen LogP contribution < -0.4 is 5.32 Å². The van der Waals surface area contributed by atoms with Gasteiger partial charge in [-0.2, -0.15) is 0 Å². The van der Waals surface area contributed by atoms with Gasteiger partial charge < -0.3 is 39.2 Å². The normalized spacial score (nSPS) is 43.0. The molecule has 0 radical (unpaired) electrons. The lowest BCUT2D eigenvalue weighted by Crippen LogP contribution is -2.77. The third-order valence-corrected chi connectivity index (χ3v) is 12.8. The van der Waals surface area contributed by atoms with Crippen LogP contribution in [0.5, 0.6) is 0 Å². The topological polar surface area (TPSA) is 133 Å². The van der Waals surface area contributed by atoms with Crippen LogP contribution in [-0.4, -0.2) is 82.9 Å². The minimum atomic E-state index is -1.64. The number of esters is 1. The van der Waals surface area contributed by atoms with Crippen molar-refractivity contribution in [3.63, 3.8) is 0 Å². The number of hydrogen-bond donors (Lipinski definition) is 3. The SMILES string of the molecule is C=CC1O[C@H]2C[C@H]3OC[C@@]3(C)[C@H]3[C@H](C)[C@]4(O)C[C@H](OC(=O)C(O)[C@H](CC(C)C)NC(=O)OC(C)(C)C)C(C)=C([C@H](C)[C@H](O1)[C@]23C)C4(C)C. The van der Waals surface area contributed by atoms with E-state index >= 15 is 0 Å². The van der Waals surface area contributed by atoms with Crippen molar-refractivity contribution in [2.75, 3.05) is 6.61 Å². The fourth-order valence-corrected chi connectivity index (χ4v) is 10.8. The van der Waals surface area contributed by atoms with Gasteiger partial charge in [0.1, 0.15) is 11.7 Å². The number of alkyl carbamates (subject to hydrolysis) is 1. The Kier molecular flexibility index (Phi) is 9.60. The first-order chi connectivity index (χ1) is 22.0. The fraction of sp³-hybridized carbons (Fsp3) is 0.842. The zero-order valence-electron chi connectivity index (χ0n) is 31.2. The molecular formula is C38H61NO9. The molecule has 2 saturated heterocycles. The quantitative estimate of drug-likeness (QED) is 0.230. The molecule has 10 heteroatoms. The molecule has 2 unspecified atom stereocenters. The standard InChI is InChI=1S/C38H61NO9/c1-14-27-46-26-16-25-36(12,18-44-25)30-22(6)38(43)17-24(20(4)28(35(38,10)11)21(5)31(47-27)37(26,30)13)45-32(41)29(40)23(15-19(2)3)39-33(42)48-34(7,8)9/h14,19,21-27,29-31,40,43H,1,15-18H2,2-13H3,(H,39,42)/t21-,22-,23-,24-,25+,26-,27?,29?,30+,31-,36+,37+,38+/m0/s1. The van der Waals surface area contributed by atoms with E-state index in [2.05, 4.69) is 53.4 Å². The largest absolute Gasteiger partial charge is 0.456 e. The molecule has 0 aromatic rings. The molecule has 0 aromatic carbocycles. The van der Waals surface area contributed by atoms with Gasteiger partial charge in [0, 0.05) is 35.0 Å². The van der Waals surface area contributed by atoms with Crippen LogP contribution in [0.2, 0.25) is 0 Å². The van der Waals surface area contributed by atoms with E-state index in [9.17, 15) is 19.8 Å². The van der Waals surface area contributed by atoms with Gasteiger partial charge >= 0.3 is 12.1 Å². The Bertz CT molecular complexity index is 1320. The third kappa shape index (κ3) is 5.75. The zero-order valence-corrected chi connectivity index (χ0v) is 31.2. The molecule has 5 rings (SSSR count). The first-order valence-corrected chi connectivity index (χ1v) is 17.9. The van der Waals surface area contributed by atoms with Crippen molar-refractivity contribution in [2.45, 2.75) is 156 Å². The van der Waals surface area contributed by atoms with Gasteiger partial charge in [-0.25, -0.2) is 9.59 Å². The Hall–Kier alpha value is -1.98. The van der Waals surface area contributed by atoms with E-state index in [4.69, 9.17) is 23.7 Å². The van der Waals surface area contributed by atoms with Crippen LogP contribution in [-0.2, 0) is 28.5 Å². The highest BCUT2D eigenvalue weighted by atomic mass is 16.7. The van der Waals surface area contributed by atoms with E-state index in [1.807, 2.05) is 20.8 Å². The summed E-state index contributed by atoms with van der Waals surface area (Å²) >= 11 is 0. The number of carbonyl (C=O) groups is 2. The molecule has 2 aliphatic heterocycles. The van der Waals surface area contributed by atoms with Gasteiger partial charge in [0.2, 0.25) is 0 Å². The smallest absolute Gasteiger partial charge is 0.407 e.